The first-order chi connectivity index (χ1) is 9.11. The second kappa shape index (κ2) is 6.14. The van der Waals surface area contributed by atoms with E-state index in [1.165, 1.54) is 0 Å². The van der Waals surface area contributed by atoms with Crippen LogP contribution in [0.5, 0.6) is 0 Å². The van der Waals surface area contributed by atoms with Crippen LogP contribution in [0.2, 0.25) is 0 Å². The van der Waals surface area contributed by atoms with Crippen LogP contribution >= 0.6 is 0 Å². The average molecular weight is 266 g/mol. The van der Waals surface area contributed by atoms with Crippen molar-refractivity contribution in [2.45, 2.75) is 33.1 Å². The Bertz CT molecular complexity index is 424. The van der Waals surface area contributed by atoms with Crippen molar-refractivity contribution in [1.82, 2.24) is 20.1 Å². The molecule has 1 amide bonds. The van der Waals surface area contributed by atoms with Gasteiger partial charge in [-0.3, -0.25) is 9.89 Å². The Morgan fingerprint density at radius 3 is 2.89 bits per heavy atom. The standard InChI is InChI=1S/C13H22N4O2/c1-4-17(7-10-5-6-19-8-10)13(18)12-14-11(9(2)3)15-16-12/h9-10H,4-8H2,1-3H3,(H,14,15,16). The Labute approximate surface area is 113 Å². The molecule has 1 aliphatic heterocycles. The number of nitrogens with zero attached hydrogens (tertiary/aromatic N) is 3. The number of amides is 1. The second-order valence-electron chi connectivity index (χ2n) is 5.27. The van der Waals surface area contributed by atoms with Crippen LogP contribution in [0.1, 0.15) is 49.6 Å². The van der Waals surface area contributed by atoms with Gasteiger partial charge >= 0.3 is 0 Å². The van der Waals surface area contributed by atoms with E-state index >= 15 is 0 Å². The topological polar surface area (TPSA) is 71.1 Å². The van der Waals surface area contributed by atoms with Gasteiger partial charge in [-0.25, -0.2) is 4.98 Å². The van der Waals surface area contributed by atoms with Gasteiger partial charge in [0.15, 0.2) is 0 Å². The highest BCUT2D eigenvalue weighted by molar-refractivity contribution is 5.90. The second-order valence-corrected chi connectivity index (χ2v) is 5.27. The van der Waals surface area contributed by atoms with Crippen LogP contribution in [0.3, 0.4) is 0 Å². The zero-order valence-electron chi connectivity index (χ0n) is 11.8. The third-order valence-electron chi connectivity index (χ3n) is 3.41. The molecule has 0 bridgehead atoms. The molecule has 19 heavy (non-hydrogen) atoms. The van der Waals surface area contributed by atoms with Crippen molar-refractivity contribution in [3.63, 3.8) is 0 Å². The third kappa shape index (κ3) is 3.32. The highest BCUT2D eigenvalue weighted by Crippen LogP contribution is 2.15. The molecular formula is C13H22N4O2. The molecule has 0 radical (unpaired) electrons. The maximum absolute atomic E-state index is 12.3. The minimum Gasteiger partial charge on any atom is -0.381 e. The summed E-state index contributed by atoms with van der Waals surface area (Å²) in [5.41, 5.74) is 0. The molecule has 1 aromatic heterocycles. The summed E-state index contributed by atoms with van der Waals surface area (Å²) in [6, 6.07) is 0. The minimum absolute atomic E-state index is 0.0995. The van der Waals surface area contributed by atoms with Crippen molar-refractivity contribution < 1.29 is 9.53 Å². The Balaban J connectivity index is 2.02. The molecular weight excluding hydrogens is 244 g/mol. The number of hydrogen-bond donors (Lipinski definition) is 1. The van der Waals surface area contributed by atoms with Gasteiger partial charge in [0.25, 0.3) is 5.91 Å². The van der Waals surface area contributed by atoms with E-state index in [-0.39, 0.29) is 17.6 Å². The van der Waals surface area contributed by atoms with E-state index in [9.17, 15) is 4.79 Å². The molecule has 0 spiro atoms. The number of rotatable bonds is 5. The van der Waals surface area contributed by atoms with Gasteiger partial charge in [0.1, 0.15) is 5.82 Å². The molecule has 1 fully saturated rings. The highest BCUT2D eigenvalue weighted by atomic mass is 16.5. The highest BCUT2D eigenvalue weighted by Gasteiger charge is 2.24. The van der Waals surface area contributed by atoms with Crippen molar-refractivity contribution >= 4 is 5.91 Å². The lowest BCUT2D eigenvalue weighted by atomic mass is 10.1. The van der Waals surface area contributed by atoms with Gasteiger partial charge < -0.3 is 9.64 Å². The normalized spacial score (nSPS) is 19.1. The third-order valence-corrected chi connectivity index (χ3v) is 3.41. The Kier molecular flexibility index (Phi) is 4.52. The van der Waals surface area contributed by atoms with Gasteiger partial charge in [-0.1, -0.05) is 13.8 Å². The van der Waals surface area contributed by atoms with Crippen LogP contribution in [0.4, 0.5) is 0 Å². The van der Waals surface area contributed by atoms with E-state index in [1.54, 1.807) is 4.90 Å². The summed E-state index contributed by atoms with van der Waals surface area (Å²) in [4.78, 5) is 18.4. The van der Waals surface area contributed by atoms with E-state index in [1.807, 2.05) is 20.8 Å². The minimum atomic E-state index is -0.0995. The van der Waals surface area contributed by atoms with Gasteiger partial charge in [-0.05, 0) is 13.3 Å². The zero-order valence-corrected chi connectivity index (χ0v) is 11.8. The van der Waals surface area contributed by atoms with Crippen LogP contribution in [0.15, 0.2) is 0 Å². The van der Waals surface area contributed by atoms with Gasteiger partial charge in [0.2, 0.25) is 5.82 Å². The number of nitrogens with one attached hydrogen (secondary N) is 1. The van der Waals surface area contributed by atoms with Crippen LogP contribution in [0, 0.1) is 5.92 Å². The summed E-state index contributed by atoms with van der Waals surface area (Å²) in [6.45, 7) is 8.94. The Hall–Kier alpha value is -1.43. The molecule has 2 rings (SSSR count). The smallest absolute Gasteiger partial charge is 0.293 e. The van der Waals surface area contributed by atoms with E-state index < -0.39 is 0 Å². The molecule has 1 saturated heterocycles. The summed E-state index contributed by atoms with van der Waals surface area (Å²) in [7, 11) is 0. The number of ether oxygens (including phenoxy) is 1. The molecule has 0 aromatic carbocycles. The lowest BCUT2D eigenvalue weighted by Gasteiger charge is -2.22. The quantitative estimate of drug-likeness (QED) is 0.875. The first kappa shape index (κ1) is 14.0. The molecule has 1 aliphatic rings. The summed E-state index contributed by atoms with van der Waals surface area (Å²) in [6.07, 6.45) is 1.02. The maximum atomic E-state index is 12.3. The summed E-state index contributed by atoms with van der Waals surface area (Å²) >= 11 is 0. The van der Waals surface area contributed by atoms with E-state index in [4.69, 9.17) is 4.74 Å². The summed E-state index contributed by atoms with van der Waals surface area (Å²) in [5.74, 6) is 1.60. The Morgan fingerprint density at radius 2 is 2.37 bits per heavy atom. The van der Waals surface area contributed by atoms with Crippen LogP contribution in [-0.4, -0.2) is 52.3 Å². The molecule has 106 valence electrons. The molecule has 0 saturated carbocycles. The van der Waals surface area contributed by atoms with Gasteiger partial charge in [-0.15, -0.1) is 5.10 Å². The molecule has 6 heteroatoms. The van der Waals surface area contributed by atoms with Crippen LogP contribution in [0.25, 0.3) is 0 Å². The first-order valence-corrected chi connectivity index (χ1v) is 6.91. The summed E-state index contributed by atoms with van der Waals surface area (Å²) in [5, 5.41) is 6.85. The fourth-order valence-electron chi connectivity index (χ4n) is 2.16. The fourth-order valence-corrected chi connectivity index (χ4v) is 2.16. The zero-order chi connectivity index (χ0) is 13.8. The number of aromatic amines is 1. The van der Waals surface area contributed by atoms with Crippen LogP contribution < -0.4 is 0 Å². The van der Waals surface area contributed by atoms with Crippen molar-refractivity contribution in [3.8, 4) is 0 Å². The predicted molar refractivity (Wildman–Crippen MR) is 71.0 cm³/mol. The monoisotopic (exact) mass is 266 g/mol. The van der Waals surface area contributed by atoms with E-state index in [2.05, 4.69) is 15.2 Å². The average Bonchev–Trinajstić information content (AvgIpc) is 3.06. The molecule has 1 atom stereocenters. The van der Waals surface area contributed by atoms with Gasteiger partial charge in [0, 0.05) is 31.5 Å². The number of aromatic nitrogens is 3. The van der Waals surface area contributed by atoms with Gasteiger partial charge in [0.05, 0.1) is 6.61 Å². The number of carbonyl (C=O) groups excluding carboxylic acids is 1. The number of carbonyl (C=O) groups is 1. The molecule has 6 nitrogen and oxygen atoms in total. The van der Waals surface area contributed by atoms with E-state index in [0.29, 0.717) is 12.5 Å². The Morgan fingerprint density at radius 1 is 1.58 bits per heavy atom. The molecule has 1 N–H and O–H groups in total. The lowest BCUT2D eigenvalue weighted by molar-refractivity contribution is 0.0719. The number of H-pyrrole nitrogens is 1. The lowest BCUT2D eigenvalue weighted by Crippen LogP contribution is -2.36. The van der Waals surface area contributed by atoms with Crippen LogP contribution in [-0.2, 0) is 4.74 Å². The number of hydrogen-bond acceptors (Lipinski definition) is 4. The molecule has 1 unspecified atom stereocenters. The molecule has 0 aliphatic carbocycles. The van der Waals surface area contributed by atoms with Gasteiger partial charge in [-0.2, -0.15) is 0 Å². The van der Waals surface area contributed by atoms with Crippen molar-refractivity contribution in [3.05, 3.63) is 11.6 Å². The maximum Gasteiger partial charge on any atom is 0.293 e. The summed E-state index contributed by atoms with van der Waals surface area (Å²) < 4.78 is 5.35. The molecule has 2 heterocycles. The van der Waals surface area contributed by atoms with E-state index in [0.717, 1.165) is 32.0 Å². The van der Waals surface area contributed by atoms with Crippen molar-refractivity contribution in [1.29, 1.82) is 0 Å². The van der Waals surface area contributed by atoms with Crippen molar-refractivity contribution in [2.75, 3.05) is 26.3 Å². The van der Waals surface area contributed by atoms with Crippen molar-refractivity contribution in [2.24, 2.45) is 5.92 Å². The molecule has 1 aromatic rings. The fraction of sp³-hybridized carbons (Fsp3) is 0.769. The SMILES string of the molecule is CCN(CC1CCOC1)C(=O)c1n[nH]c(C(C)C)n1. The largest absolute Gasteiger partial charge is 0.381 e. The predicted octanol–water partition coefficient (Wildman–Crippen LogP) is 1.43. The first-order valence-electron chi connectivity index (χ1n) is 6.91.